The molecule has 1 N–H and O–H groups in total. The Hall–Kier alpha value is -1.91. The molecule has 1 fully saturated rings. The molecule has 2 heterocycles. The smallest absolute Gasteiger partial charge is 0.308 e. The minimum Gasteiger partial charge on any atom is -0.481 e. The van der Waals surface area contributed by atoms with Gasteiger partial charge in [-0.05, 0) is 30.0 Å². The van der Waals surface area contributed by atoms with Crippen LogP contribution in [-0.2, 0) is 9.59 Å². The van der Waals surface area contributed by atoms with Gasteiger partial charge in [-0.2, -0.15) is 0 Å². The van der Waals surface area contributed by atoms with E-state index in [-0.39, 0.29) is 11.8 Å². The summed E-state index contributed by atoms with van der Waals surface area (Å²) in [6, 6.07) is 3.81. The van der Waals surface area contributed by atoms with Crippen molar-refractivity contribution >= 4 is 11.9 Å². The first-order valence-electron chi connectivity index (χ1n) is 6.48. The molecule has 102 valence electrons. The van der Waals surface area contributed by atoms with Gasteiger partial charge in [-0.15, -0.1) is 0 Å². The van der Waals surface area contributed by atoms with Crippen molar-refractivity contribution in [1.82, 2.24) is 9.88 Å². The number of likely N-dealkylation sites (tertiary alicyclic amines) is 1. The Morgan fingerprint density at radius 1 is 1.47 bits per heavy atom. The fourth-order valence-electron chi connectivity index (χ4n) is 2.39. The monoisotopic (exact) mass is 262 g/mol. The molecule has 1 aliphatic rings. The molecule has 19 heavy (non-hydrogen) atoms. The summed E-state index contributed by atoms with van der Waals surface area (Å²) in [5.41, 5.74) is 1.08. The van der Waals surface area contributed by atoms with Crippen LogP contribution in [0.25, 0.3) is 0 Å². The molecule has 5 heteroatoms. The number of pyridine rings is 1. The molecular formula is C14H18N2O3. The summed E-state index contributed by atoms with van der Waals surface area (Å²) in [5, 5.41) is 8.93. The number of hydrogen-bond acceptors (Lipinski definition) is 3. The van der Waals surface area contributed by atoms with Gasteiger partial charge in [0.15, 0.2) is 0 Å². The maximum atomic E-state index is 12.1. The Kier molecular flexibility index (Phi) is 4.14. The van der Waals surface area contributed by atoms with E-state index in [0.29, 0.717) is 25.9 Å². The number of hydrogen-bond donors (Lipinski definition) is 1. The van der Waals surface area contributed by atoms with E-state index < -0.39 is 11.9 Å². The summed E-state index contributed by atoms with van der Waals surface area (Å²) in [7, 11) is 0. The standard InChI is InChI=1S/C14H18N2O3/c1-10(11-2-5-15-6-3-11)8-13(17)16-7-4-12(9-16)14(18)19/h2-3,5-6,10,12H,4,7-9H2,1H3,(H,18,19)/t10-,12-/m1/s1. The predicted octanol–water partition coefficient (Wildman–Crippen LogP) is 1.51. The number of nitrogens with zero attached hydrogens (tertiary/aromatic N) is 2. The Bertz CT molecular complexity index is 461. The van der Waals surface area contributed by atoms with Gasteiger partial charge in [0.2, 0.25) is 5.91 Å². The van der Waals surface area contributed by atoms with E-state index in [0.717, 1.165) is 5.56 Å². The molecular weight excluding hydrogens is 244 g/mol. The summed E-state index contributed by atoms with van der Waals surface area (Å²) >= 11 is 0. The quantitative estimate of drug-likeness (QED) is 0.892. The molecule has 2 atom stereocenters. The Labute approximate surface area is 112 Å². The molecule has 1 aromatic rings. The Balaban J connectivity index is 1.90. The van der Waals surface area contributed by atoms with E-state index in [9.17, 15) is 9.59 Å². The van der Waals surface area contributed by atoms with Crippen molar-refractivity contribution < 1.29 is 14.7 Å². The van der Waals surface area contributed by atoms with E-state index in [1.807, 2.05) is 19.1 Å². The van der Waals surface area contributed by atoms with E-state index in [2.05, 4.69) is 4.98 Å². The molecule has 1 aliphatic heterocycles. The van der Waals surface area contributed by atoms with Crippen LogP contribution in [0, 0.1) is 5.92 Å². The van der Waals surface area contributed by atoms with Crippen LogP contribution in [0.1, 0.15) is 31.2 Å². The van der Waals surface area contributed by atoms with Crippen molar-refractivity contribution in [2.45, 2.75) is 25.7 Å². The number of amides is 1. The fourth-order valence-corrected chi connectivity index (χ4v) is 2.39. The van der Waals surface area contributed by atoms with Gasteiger partial charge in [0.25, 0.3) is 0 Å². The largest absolute Gasteiger partial charge is 0.481 e. The van der Waals surface area contributed by atoms with Crippen molar-refractivity contribution in [2.24, 2.45) is 5.92 Å². The first-order valence-corrected chi connectivity index (χ1v) is 6.48. The average Bonchev–Trinajstić information content (AvgIpc) is 2.89. The van der Waals surface area contributed by atoms with Crippen LogP contribution in [0.15, 0.2) is 24.5 Å². The van der Waals surface area contributed by atoms with E-state index in [1.54, 1.807) is 17.3 Å². The summed E-state index contributed by atoms with van der Waals surface area (Å²) < 4.78 is 0. The maximum absolute atomic E-state index is 12.1. The number of aliphatic carboxylic acids is 1. The minimum absolute atomic E-state index is 0.0352. The lowest BCUT2D eigenvalue weighted by molar-refractivity contribution is -0.141. The summed E-state index contributed by atoms with van der Waals surface area (Å²) in [6.07, 6.45) is 4.40. The first-order chi connectivity index (χ1) is 9.08. The zero-order valence-electron chi connectivity index (χ0n) is 11.0. The molecule has 0 radical (unpaired) electrons. The molecule has 1 aromatic heterocycles. The average molecular weight is 262 g/mol. The second-order valence-electron chi connectivity index (χ2n) is 5.05. The number of carbonyl (C=O) groups excluding carboxylic acids is 1. The SMILES string of the molecule is C[C@H](CC(=O)N1CC[C@@H](C(=O)O)C1)c1ccncc1. The fraction of sp³-hybridized carbons (Fsp3) is 0.500. The molecule has 1 amide bonds. The molecule has 0 aromatic carbocycles. The Morgan fingerprint density at radius 3 is 2.74 bits per heavy atom. The highest BCUT2D eigenvalue weighted by Gasteiger charge is 2.31. The second kappa shape index (κ2) is 5.82. The van der Waals surface area contributed by atoms with Gasteiger partial charge in [-0.3, -0.25) is 14.6 Å². The van der Waals surface area contributed by atoms with Crippen molar-refractivity contribution in [3.05, 3.63) is 30.1 Å². The highest BCUT2D eigenvalue weighted by atomic mass is 16.4. The second-order valence-corrected chi connectivity index (χ2v) is 5.05. The van der Waals surface area contributed by atoms with E-state index in [1.165, 1.54) is 0 Å². The number of carboxylic acid groups (broad SMARTS) is 1. The van der Waals surface area contributed by atoms with E-state index >= 15 is 0 Å². The summed E-state index contributed by atoms with van der Waals surface area (Å²) in [5.74, 6) is -1.05. The molecule has 1 saturated heterocycles. The number of rotatable bonds is 4. The third-order valence-electron chi connectivity index (χ3n) is 3.65. The van der Waals surface area contributed by atoms with Crippen LogP contribution in [0.4, 0.5) is 0 Å². The maximum Gasteiger partial charge on any atom is 0.308 e. The number of carboxylic acids is 1. The summed E-state index contributed by atoms with van der Waals surface area (Å²) in [6.45, 7) is 2.90. The van der Waals surface area contributed by atoms with Gasteiger partial charge >= 0.3 is 5.97 Å². The highest BCUT2D eigenvalue weighted by molar-refractivity contribution is 5.79. The van der Waals surface area contributed by atoms with Gasteiger partial charge in [0.1, 0.15) is 0 Å². The minimum atomic E-state index is -0.808. The normalized spacial score (nSPS) is 20.3. The first kappa shape index (κ1) is 13.5. The van der Waals surface area contributed by atoms with Crippen LogP contribution in [0.3, 0.4) is 0 Å². The third kappa shape index (κ3) is 3.30. The van der Waals surface area contributed by atoms with Crippen molar-refractivity contribution in [3.8, 4) is 0 Å². The van der Waals surface area contributed by atoms with Crippen molar-refractivity contribution in [2.75, 3.05) is 13.1 Å². The lowest BCUT2D eigenvalue weighted by Crippen LogP contribution is -2.30. The van der Waals surface area contributed by atoms with Gasteiger partial charge < -0.3 is 10.0 Å². The van der Waals surface area contributed by atoms with Crippen molar-refractivity contribution in [3.63, 3.8) is 0 Å². The third-order valence-corrected chi connectivity index (χ3v) is 3.65. The molecule has 5 nitrogen and oxygen atoms in total. The van der Waals surface area contributed by atoms with Gasteiger partial charge in [-0.25, -0.2) is 0 Å². The van der Waals surface area contributed by atoms with Gasteiger partial charge in [0, 0.05) is 31.9 Å². The number of aromatic nitrogens is 1. The van der Waals surface area contributed by atoms with Crippen LogP contribution < -0.4 is 0 Å². The molecule has 2 rings (SSSR count). The van der Waals surface area contributed by atoms with Crippen LogP contribution in [0.2, 0.25) is 0 Å². The van der Waals surface area contributed by atoms with Crippen LogP contribution in [0.5, 0.6) is 0 Å². The zero-order valence-corrected chi connectivity index (χ0v) is 11.0. The molecule has 0 unspecified atom stereocenters. The zero-order chi connectivity index (χ0) is 13.8. The van der Waals surface area contributed by atoms with Crippen LogP contribution >= 0.6 is 0 Å². The summed E-state index contributed by atoms with van der Waals surface area (Å²) in [4.78, 5) is 28.6. The van der Waals surface area contributed by atoms with E-state index in [4.69, 9.17) is 5.11 Å². The number of carbonyl (C=O) groups is 2. The lowest BCUT2D eigenvalue weighted by atomic mass is 9.98. The molecule has 0 bridgehead atoms. The predicted molar refractivity (Wildman–Crippen MR) is 69.6 cm³/mol. The molecule has 0 aliphatic carbocycles. The Morgan fingerprint density at radius 2 is 2.16 bits per heavy atom. The molecule has 0 saturated carbocycles. The van der Waals surface area contributed by atoms with Gasteiger partial charge in [0.05, 0.1) is 5.92 Å². The van der Waals surface area contributed by atoms with Gasteiger partial charge in [-0.1, -0.05) is 6.92 Å². The molecule has 0 spiro atoms. The highest BCUT2D eigenvalue weighted by Crippen LogP contribution is 2.22. The lowest BCUT2D eigenvalue weighted by Gasteiger charge is -2.18. The van der Waals surface area contributed by atoms with Crippen LogP contribution in [-0.4, -0.2) is 40.0 Å². The topological polar surface area (TPSA) is 70.5 Å². The van der Waals surface area contributed by atoms with Crippen molar-refractivity contribution in [1.29, 1.82) is 0 Å².